The maximum Gasteiger partial charge on any atom is 0.274 e. The van der Waals surface area contributed by atoms with E-state index in [0.29, 0.717) is 16.6 Å². The van der Waals surface area contributed by atoms with Crippen LogP contribution in [0.4, 0.5) is 0 Å². The van der Waals surface area contributed by atoms with Crippen molar-refractivity contribution in [3.8, 4) is 5.69 Å². The van der Waals surface area contributed by atoms with E-state index in [9.17, 15) is 4.79 Å². The molecule has 0 spiro atoms. The standard InChI is InChI=1S/C20H18BrClN4O/c1-12(14-3-2-4-16(22)11-14)23-20(27)18-19(13-5-6-13)26(25-24-18)17-9-7-15(21)8-10-17/h2-4,7-13H,5-6H2,1H3,(H,23,27). The maximum atomic E-state index is 12.9. The summed E-state index contributed by atoms with van der Waals surface area (Å²) in [6.07, 6.45) is 2.10. The van der Waals surface area contributed by atoms with Crippen LogP contribution in [0, 0.1) is 0 Å². The fourth-order valence-electron chi connectivity index (χ4n) is 3.07. The number of nitrogens with one attached hydrogen (secondary N) is 1. The molecule has 3 aromatic rings. The molecule has 1 aliphatic rings. The summed E-state index contributed by atoms with van der Waals surface area (Å²) in [5.41, 5.74) is 3.13. The molecular formula is C20H18BrClN4O. The summed E-state index contributed by atoms with van der Waals surface area (Å²) in [4.78, 5) is 12.9. The van der Waals surface area contributed by atoms with E-state index in [0.717, 1.165) is 34.3 Å². The van der Waals surface area contributed by atoms with Gasteiger partial charge in [0.1, 0.15) is 0 Å². The highest BCUT2D eigenvalue weighted by Gasteiger charge is 2.34. The smallest absolute Gasteiger partial charge is 0.274 e. The number of hydrogen-bond acceptors (Lipinski definition) is 3. The summed E-state index contributed by atoms with van der Waals surface area (Å²) in [6.45, 7) is 1.93. The molecule has 0 bridgehead atoms. The molecular weight excluding hydrogens is 428 g/mol. The van der Waals surface area contributed by atoms with Crippen molar-refractivity contribution in [3.05, 3.63) is 75.0 Å². The van der Waals surface area contributed by atoms with Crippen LogP contribution in [0.5, 0.6) is 0 Å². The van der Waals surface area contributed by atoms with E-state index in [1.54, 1.807) is 4.68 Å². The minimum atomic E-state index is -0.215. The average Bonchev–Trinajstić information content (AvgIpc) is 3.40. The van der Waals surface area contributed by atoms with Gasteiger partial charge >= 0.3 is 0 Å². The van der Waals surface area contributed by atoms with Gasteiger partial charge in [-0.15, -0.1) is 5.10 Å². The zero-order chi connectivity index (χ0) is 19.0. The van der Waals surface area contributed by atoms with Gasteiger partial charge in [0.25, 0.3) is 5.91 Å². The lowest BCUT2D eigenvalue weighted by Crippen LogP contribution is -2.28. The SMILES string of the molecule is CC(NC(=O)c1nnn(-c2ccc(Br)cc2)c1C1CC1)c1cccc(Cl)c1. The van der Waals surface area contributed by atoms with Crippen LogP contribution in [0.2, 0.25) is 5.02 Å². The minimum absolute atomic E-state index is 0.180. The molecule has 1 amide bonds. The Kier molecular flexibility index (Phi) is 5.02. The van der Waals surface area contributed by atoms with Crippen molar-refractivity contribution >= 4 is 33.4 Å². The van der Waals surface area contributed by atoms with Crippen molar-refractivity contribution in [2.24, 2.45) is 0 Å². The summed E-state index contributed by atoms with van der Waals surface area (Å²) in [5, 5.41) is 12.1. The van der Waals surface area contributed by atoms with Gasteiger partial charge in [0, 0.05) is 15.4 Å². The normalized spacial score (nSPS) is 14.8. The molecule has 138 valence electrons. The Hall–Kier alpha value is -2.18. The van der Waals surface area contributed by atoms with Crippen LogP contribution in [0.25, 0.3) is 5.69 Å². The van der Waals surface area contributed by atoms with Gasteiger partial charge in [0.05, 0.1) is 17.4 Å². The summed E-state index contributed by atoms with van der Waals surface area (Å²) >= 11 is 9.50. The molecule has 2 aromatic carbocycles. The molecule has 1 atom stereocenters. The zero-order valence-electron chi connectivity index (χ0n) is 14.7. The molecule has 1 aromatic heterocycles. The zero-order valence-corrected chi connectivity index (χ0v) is 17.0. The number of amides is 1. The Bertz CT molecular complexity index is 982. The Morgan fingerprint density at radius 3 is 2.67 bits per heavy atom. The summed E-state index contributed by atoms with van der Waals surface area (Å²) in [7, 11) is 0. The van der Waals surface area contributed by atoms with E-state index >= 15 is 0 Å². The molecule has 0 radical (unpaired) electrons. The fraction of sp³-hybridized carbons (Fsp3) is 0.250. The van der Waals surface area contributed by atoms with Gasteiger partial charge in [-0.05, 0) is 61.7 Å². The lowest BCUT2D eigenvalue weighted by Gasteiger charge is -2.14. The summed E-state index contributed by atoms with van der Waals surface area (Å²) in [5.74, 6) is 0.110. The quantitative estimate of drug-likeness (QED) is 0.598. The molecule has 5 nitrogen and oxygen atoms in total. The third-order valence-electron chi connectivity index (χ3n) is 4.65. The highest BCUT2D eigenvalue weighted by molar-refractivity contribution is 9.10. The second-order valence-electron chi connectivity index (χ2n) is 6.74. The number of carbonyl (C=O) groups is 1. The van der Waals surface area contributed by atoms with Crippen molar-refractivity contribution in [3.63, 3.8) is 0 Å². The van der Waals surface area contributed by atoms with Gasteiger partial charge < -0.3 is 5.32 Å². The lowest BCUT2D eigenvalue weighted by atomic mass is 10.1. The van der Waals surface area contributed by atoms with Crippen LogP contribution in [0.1, 0.15) is 53.5 Å². The van der Waals surface area contributed by atoms with E-state index < -0.39 is 0 Å². The van der Waals surface area contributed by atoms with Crippen molar-refractivity contribution in [1.82, 2.24) is 20.3 Å². The van der Waals surface area contributed by atoms with Gasteiger partial charge in [-0.2, -0.15) is 0 Å². The third kappa shape index (κ3) is 3.92. The Morgan fingerprint density at radius 2 is 2.00 bits per heavy atom. The Morgan fingerprint density at radius 1 is 1.26 bits per heavy atom. The van der Waals surface area contributed by atoms with Crippen LogP contribution in [0.15, 0.2) is 53.0 Å². The first-order valence-corrected chi connectivity index (χ1v) is 9.98. The largest absolute Gasteiger partial charge is 0.344 e. The van der Waals surface area contributed by atoms with Crippen LogP contribution >= 0.6 is 27.5 Å². The highest BCUT2D eigenvalue weighted by atomic mass is 79.9. The first-order chi connectivity index (χ1) is 13.0. The predicted molar refractivity (Wildman–Crippen MR) is 108 cm³/mol. The maximum absolute atomic E-state index is 12.9. The Balaban J connectivity index is 1.61. The van der Waals surface area contributed by atoms with Gasteiger partial charge in [0.2, 0.25) is 0 Å². The molecule has 1 unspecified atom stereocenters. The molecule has 1 saturated carbocycles. The van der Waals surface area contributed by atoms with E-state index in [4.69, 9.17) is 11.6 Å². The van der Waals surface area contributed by atoms with Gasteiger partial charge in [0.15, 0.2) is 5.69 Å². The van der Waals surface area contributed by atoms with Crippen LogP contribution in [0.3, 0.4) is 0 Å². The molecule has 27 heavy (non-hydrogen) atoms. The van der Waals surface area contributed by atoms with Gasteiger partial charge in [-0.1, -0.05) is 44.9 Å². The van der Waals surface area contributed by atoms with E-state index in [-0.39, 0.29) is 11.9 Å². The molecule has 4 rings (SSSR count). The number of carbonyl (C=O) groups excluding carboxylic acids is 1. The van der Waals surface area contributed by atoms with Crippen LogP contribution in [-0.2, 0) is 0 Å². The molecule has 1 fully saturated rings. The van der Waals surface area contributed by atoms with Crippen molar-refractivity contribution in [1.29, 1.82) is 0 Å². The molecule has 7 heteroatoms. The van der Waals surface area contributed by atoms with Crippen molar-refractivity contribution in [2.45, 2.75) is 31.7 Å². The number of nitrogens with zero attached hydrogens (tertiary/aromatic N) is 3. The fourth-order valence-corrected chi connectivity index (χ4v) is 3.53. The van der Waals surface area contributed by atoms with E-state index in [1.807, 2.05) is 55.5 Å². The molecule has 1 aliphatic carbocycles. The first kappa shape index (κ1) is 18.2. The van der Waals surface area contributed by atoms with Crippen LogP contribution < -0.4 is 5.32 Å². The van der Waals surface area contributed by atoms with Crippen LogP contribution in [-0.4, -0.2) is 20.9 Å². The number of halogens is 2. The lowest BCUT2D eigenvalue weighted by molar-refractivity contribution is 0.0933. The second-order valence-corrected chi connectivity index (χ2v) is 8.09. The van der Waals surface area contributed by atoms with E-state index in [2.05, 4.69) is 31.6 Å². The molecule has 1 N–H and O–H groups in total. The monoisotopic (exact) mass is 444 g/mol. The second kappa shape index (κ2) is 7.44. The summed E-state index contributed by atoms with van der Waals surface area (Å²) < 4.78 is 2.77. The predicted octanol–water partition coefficient (Wildman–Crippen LogP) is 5.05. The summed E-state index contributed by atoms with van der Waals surface area (Å²) in [6, 6.07) is 15.1. The third-order valence-corrected chi connectivity index (χ3v) is 5.42. The Labute approximate surface area is 170 Å². The molecule has 1 heterocycles. The van der Waals surface area contributed by atoms with Gasteiger partial charge in [-0.3, -0.25) is 4.79 Å². The van der Waals surface area contributed by atoms with Crippen molar-refractivity contribution in [2.75, 3.05) is 0 Å². The number of rotatable bonds is 5. The number of hydrogen-bond donors (Lipinski definition) is 1. The van der Waals surface area contributed by atoms with Crippen molar-refractivity contribution < 1.29 is 4.79 Å². The molecule has 0 saturated heterocycles. The number of aromatic nitrogens is 3. The van der Waals surface area contributed by atoms with E-state index in [1.165, 1.54) is 0 Å². The highest BCUT2D eigenvalue weighted by Crippen LogP contribution is 2.42. The average molecular weight is 446 g/mol. The topological polar surface area (TPSA) is 59.8 Å². The molecule has 0 aliphatic heterocycles. The number of benzene rings is 2. The van der Waals surface area contributed by atoms with Gasteiger partial charge in [-0.25, -0.2) is 4.68 Å². The minimum Gasteiger partial charge on any atom is -0.344 e. The first-order valence-electron chi connectivity index (χ1n) is 8.81.